The maximum Gasteiger partial charge on any atom is 0.409 e. The molecule has 1 aliphatic heterocycles. The standard InChI is InChI=1S/C20H26N4O3/c1-3-27-20(26)24-10-4-9-23(11-12-24)19(25)15-7-8-17-16(13-15)21-18(22(17)2)14-5-6-14/h7-8,13-14H,3-6,9-12H2,1-2H3. The molecular weight excluding hydrogens is 344 g/mol. The van der Waals surface area contributed by atoms with E-state index in [1.165, 1.54) is 12.8 Å². The zero-order valence-corrected chi connectivity index (χ0v) is 16.0. The minimum absolute atomic E-state index is 0.00114. The van der Waals surface area contributed by atoms with Crippen LogP contribution in [0.2, 0.25) is 0 Å². The Morgan fingerprint density at radius 2 is 1.89 bits per heavy atom. The van der Waals surface area contributed by atoms with Gasteiger partial charge in [0.2, 0.25) is 0 Å². The largest absolute Gasteiger partial charge is 0.450 e. The van der Waals surface area contributed by atoms with Crippen LogP contribution in [0.1, 0.15) is 48.3 Å². The van der Waals surface area contributed by atoms with E-state index in [1.807, 2.05) is 30.1 Å². The smallest absolute Gasteiger partial charge is 0.409 e. The van der Waals surface area contributed by atoms with Gasteiger partial charge in [-0.05, 0) is 44.4 Å². The second-order valence-electron chi connectivity index (χ2n) is 7.34. The molecule has 0 radical (unpaired) electrons. The fraction of sp³-hybridized carbons (Fsp3) is 0.550. The normalized spacial score (nSPS) is 17.9. The second kappa shape index (κ2) is 7.21. The quantitative estimate of drug-likeness (QED) is 0.833. The summed E-state index contributed by atoms with van der Waals surface area (Å²) in [4.78, 5) is 33.2. The Morgan fingerprint density at radius 1 is 1.15 bits per heavy atom. The lowest BCUT2D eigenvalue weighted by atomic mass is 10.1. The minimum Gasteiger partial charge on any atom is -0.450 e. The number of benzene rings is 1. The number of ether oxygens (including phenoxy) is 1. The molecule has 2 amide bonds. The highest BCUT2D eigenvalue weighted by Gasteiger charge is 2.29. The third kappa shape index (κ3) is 3.50. The summed E-state index contributed by atoms with van der Waals surface area (Å²) in [5.74, 6) is 1.69. The van der Waals surface area contributed by atoms with Crippen molar-refractivity contribution in [3.05, 3.63) is 29.6 Å². The molecule has 2 aromatic rings. The second-order valence-corrected chi connectivity index (χ2v) is 7.34. The van der Waals surface area contributed by atoms with Crippen LogP contribution in [0.3, 0.4) is 0 Å². The number of carbonyl (C=O) groups is 2. The molecule has 27 heavy (non-hydrogen) atoms. The molecule has 0 N–H and O–H groups in total. The third-order valence-corrected chi connectivity index (χ3v) is 5.41. The van der Waals surface area contributed by atoms with Crippen molar-refractivity contribution < 1.29 is 14.3 Å². The zero-order chi connectivity index (χ0) is 19.0. The molecule has 144 valence electrons. The summed E-state index contributed by atoms with van der Waals surface area (Å²) in [7, 11) is 2.04. The highest BCUT2D eigenvalue weighted by Crippen LogP contribution is 2.40. The SMILES string of the molecule is CCOC(=O)N1CCCN(C(=O)c2ccc3c(c2)nc(C2CC2)n3C)CC1. The van der Waals surface area contributed by atoms with Crippen molar-refractivity contribution >= 4 is 23.0 Å². The monoisotopic (exact) mass is 370 g/mol. The van der Waals surface area contributed by atoms with Crippen molar-refractivity contribution in [2.75, 3.05) is 32.8 Å². The fourth-order valence-corrected chi connectivity index (χ4v) is 3.76. The predicted molar refractivity (Wildman–Crippen MR) is 102 cm³/mol. The molecule has 1 aliphatic carbocycles. The molecule has 7 nitrogen and oxygen atoms in total. The van der Waals surface area contributed by atoms with Gasteiger partial charge in [-0.25, -0.2) is 9.78 Å². The Labute approximate surface area is 158 Å². The van der Waals surface area contributed by atoms with E-state index in [2.05, 4.69) is 4.57 Å². The lowest BCUT2D eigenvalue weighted by Crippen LogP contribution is -2.37. The van der Waals surface area contributed by atoms with Crippen LogP contribution in [0.5, 0.6) is 0 Å². The van der Waals surface area contributed by atoms with Crippen LogP contribution >= 0.6 is 0 Å². The number of carbonyl (C=O) groups excluding carboxylic acids is 2. The Morgan fingerprint density at radius 3 is 2.63 bits per heavy atom. The average molecular weight is 370 g/mol. The minimum atomic E-state index is -0.297. The van der Waals surface area contributed by atoms with E-state index in [1.54, 1.807) is 11.8 Å². The summed E-state index contributed by atoms with van der Waals surface area (Å²) in [5.41, 5.74) is 2.61. The van der Waals surface area contributed by atoms with Crippen molar-refractivity contribution in [3.63, 3.8) is 0 Å². The summed E-state index contributed by atoms with van der Waals surface area (Å²) < 4.78 is 7.22. The molecule has 4 rings (SSSR count). The topological polar surface area (TPSA) is 67.7 Å². The first kappa shape index (κ1) is 17.8. The molecule has 0 bridgehead atoms. The van der Waals surface area contributed by atoms with E-state index in [9.17, 15) is 9.59 Å². The van der Waals surface area contributed by atoms with Crippen molar-refractivity contribution in [2.24, 2.45) is 7.05 Å². The summed E-state index contributed by atoms with van der Waals surface area (Å²) in [6.45, 7) is 4.45. The zero-order valence-electron chi connectivity index (χ0n) is 16.0. The summed E-state index contributed by atoms with van der Waals surface area (Å²) >= 11 is 0. The van der Waals surface area contributed by atoms with Crippen LogP contribution in [0.15, 0.2) is 18.2 Å². The van der Waals surface area contributed by atoms with E-state index in [-0.39, 0.29) is 12.0 Å². The Bertz CT molecular complexity index is 871. The van der Waals surface area contributed by atoms with Gasteiger partial charge < -0.3 is 19.1 Å². The van der Waals surface area contributed by atoms with Crippen molar-refractivity contribution in [1.29, 1.82) is 0 Å². The first-order valence-corrected chi connectivity index (χ1v) is 9.76. The van der Waals surface area contributed by atoms with Gasteiger partial charge in [0.25, 0.3) is 5.91 Å². The average Bonchev–Trinajstić information content (AvgIpc) is 3.48. The van der Waals surface area contributed by atoms with E-state index >= 15 is 0 Å². The summed E-state index contributed by atoms with van der Waals surface area (Å²) in [5, 5.41) is 0. The van der Waals surface area contributed by atoms with Crippen LogP contribution in [0, 0.1) is 0 Å². The number of amides is 2. The van der Waals surface area contributed by atoms with Crippen LogP contribution in [0.25, 0.3) is 11.0 Å². The maximum absolute atomic E-state index is 13.0. The Kier molecular flexibility index (Phi) is 4.76. The lowest BCUT2D eigenvalue weighted by Gasteiger charge is -2.21. The molecule has 1 aromatic heterocycles. The van der Waals surface area contributed by atoms with E-state index in [4.69, 9.17) is 9.72 Å². The van der Waals surface area contributed by atoms with E-state index < -0.39 is 0 Å². The first-order valence-electron chi connectivity index (χ1n) is 9.76. The van der Waals surface area contributed by atoms with Crippen LogP contribution in [-0.4, -0.2) is 64.1 Å². The van der Waals surface area contributed by atoms with Gasteiger partial charge in [0, 0.05) is 44.7 Å². The van der Waals surface area contributed by atoms with Gasteiger partial charge in [-0.1, -0.05) is 0 Å². The van der Waals surface area contributed by atoms with Crippen LogP contribution in [-0.2, 0) is 11.8 Å². The van der Waals surface area contributed by atoms with Gasteiger partial charge in [-0.15, -0.1) is 0 Å². The highest BCUT2D eigenvalue weighted by atomic mass is 16.6. The molecule has 1 saturated carbocycles. The van der Waals surface area contributed by atoms with Gasteiger partial charge in [0.05, 0.1) is 17.6 Å². The number of hydrogen-bond donors (Lipinski definition) is 0. The van der Waals surface area contributed by atoms with Gasteiger partial charge in [0.15, 0.2) is 0 Å². The molecule has 0 atom stereocenters. The number of imidazole rings is 1. The Balaban J connectivity index is 1.49. The van der Waals surface area contributed by atoms with Gasteiger partial charge in [-0.2, -0.15) is 0 Å². The number of aryl methyl sites for hydroxylation is 1. The summed E-state index contributed by atoms with van der Waals surface area (Å²) in [6, 6.07) is 5.78. The van der Waals surface area contributed by atoms with Crippen LogP contribution in [0.4, 0.5) is 4.79 Å². The predicted octanol–water partition coefficient (Wildman–Crippen LogP) is 2.76. The number of hydrogen-bond acceptors (Lipinski definition) is 4. The van der Waals surface area contributed by atoms with Crippen molar-refractivity contribution in [2.45, 2.75) is 32.1 Å². The van der Waals surface area contributed by atoms with Crippen molar-refractivity contribution in [3.8, 4) is 0 Å². The number of nitrogens with zero attached hydrogens (tertiary/aromatic N) is 4. The van der Waals surface area contributed by atoms with Crippen molar-refractivity contribution in [1.82, 2.24) is 19.4 Å². The van der Waals surface area contributed by atoms with Gasteiger partial charge >= 0.3 is 6.09 Å². The molecule has 1 aromatic carbocycles. The summed E-state index contributed by atoms with van der Waals surface area (Å²) in [6.07, 6.45) is 2.86. The first-order chi connectivity index (χ1) is 13.1. The van der Waals surface area contributed by atoms with E-state index in [0.717, 1.165) is 23.3 Å². The molecule has 2 fully saturated rings. The molecular formula is C20H26N4O3. The molecule has 1 saturated heterocycles. The van der Waals surface area contributed by atoms with Gasteiger partial charge in [0.1, 0.15) is 5.82 Å². The molecule has 0 unspecified atom stereocenters. The number of rotatable bonds is 3. The third-order valence-electron chi connectivity index (χ3n) is 5.41. The van der Waals surface area contributed by atoms with Gasteiger partial charge in [-0.3, -0.25) is 4.79 Å². The molecule has 2 heterocycles. The molecule has 0 spiro atoms. The Hall–Kier alpha value is -2.57. The maximum atomic E-state index is 13.0. The van der Waals surface area contributed by atoms with E-state index in [0.29, 0.717) is 44.3 Å². The molecule has 2 aliphatic rings. The fourth-order valence-electron chi connectivity index (χ4n) is 3.76. The molecule has 7 heteroatoms. The lowest BCUT2D eigenvalue weighted by molar-refractivity contribution is 0.0753. The highest BCUT2D eigenvalue weighted by molar-refractivity contribution is 5.97. The number of fused-ring (bicyclic) bond motifs is 1. The number of aromatic nitrogens is 2. The van der Waals surface area contributed by atoms with Crippen LogP contribution < -0.4 is 0 Å².